The van der Waals surface area contributed by atoms with Gasteiger partial charge in [-0.3, -0.25) is 4.79 Å². The van der Waals surface area contributed by atoms with Gasteiger partial charge >= 0.3 is 0 Å². The topological polar surface area (TPSA) is 73.0 Å². The van der Waals surface area contributed by atoms with E-state index in [-0.39, 0.29) is 11.7 Å². The van der Waals surface area contributed by atoms with Gasteiger partial charge in [0.25, 0.3) is 5.91 Å². The Labute approximate surface area is 140 Å². The van der Waals surface area contributed by atoms with Crippen LogP contribution in [-0.2, 0) is 19.4 Å². The molecule has 0 aliphatic carbocycles. The second-order valence-electron chi connectivity index (χ2n) is 5.66. The third kappa shape index (κ3) is 2.79. The van der Waals surface area contributed by atoms with Crippen molar-refractivity contribution in [2.45, 2.75) is 47.1 Å². The first-order valence-corrected chi connectivity index (χ1v) is 8.34. The predicted octanol–water partition coefficient (Wildman–Crippen LogP) is 3.73. The van der Waals surface area contributed by atoms with Crippen LogP contribution < -0.4 is 5.32 Å². The average molecular weight is 326 g/mol. The molecule has 0 fully saturated rings. The summed E-state index contributed by atoms with van der Waals surface area (Å²) in [4.78, 5) is 21.3. The monoisotopic (exact) mass is 326 g/mol. The molecule has 0 bridgehead atoms. The summed E-state index contributed by atoms with van der Waals surface area (Å²) < 4.78 is 7.69. The number of nitrogens with one attached hydrogen (secondary N) is 1. The summed E-state index contributed by atoms with van der Waals surface area (Å²) in [5, 5.41) is 2.87. The number of hydrogen-bond acceptors (Lipinski definition) is 4. The van der Waals surface area contributed by atoms with Crippen LogP contribution in [0.2, 0.25) is 0 Å². The molecule has 2 heterocycles. The number of carbonyl (C=O) groups is 1. The molecule has 1 amide bonds. The van der Waals surface area contributed by atoms with E-state index < -0.39 is 0 Å². The van der Waals surface area contributed by atoms with Crippen molar-refractivity contribution in [2.24, 2.45) is 0 Å². The Balaban J connectivity index is 1.89. The Kier molecular flexibility index (Phi) is 4.38. The van der Waals surface area contributed by atoms with Crippen LogP contribution >= 0.6 is 0 Å². The number of imidazole rings is 1. The van der Waals surface area contributed by atoms with Crippen LogP contribution in [0, 0.1) is 6.92 Å². The van der Waals surface area contributed by atoms with Crippen LogP contribution in [-0.4, -0.2) is 20.4 Å². The summed E-state index contributed by atoms with van der Waals surface area (Å²) in [6.45, 7) is 8.79. The van der Waals surface area contributed by atoms with Gasteiger partial charge in [0.2, 0.25) is 5.76 Å². The van der Waals surface area contributed by atoms with E-state index in [1.807, 2.05) is 25.1 Å². The number of aromatic nitrogens is 3. The lowest BCUT2D eigenvalue weighted by Crippen LogP contribution is -2.12. The van der Waals surface area contributed by atoms with Gasteiger partial charge in [0.05, 0.1) is 16.7 Å². The Morgan fingerprint density at radius 3 is 2.62 bits per heavy atom. The van der Waals surface area contributed by atoms with Crippen LogP contribution in [0.3, 0.4) is 0 Å². The third-order valence-corrected chi connectivity index (χ3v) is 4.07. The second-order valence-corrected chi connectivity index (χ2v) is 5.66. The number of fused-ring (bicyclic) bond motifs is 1. The number of nitrogens with zero attached hydrogens (tertiary/aromatic N) is 3. The predicted molar refractivity (Wildman–Crippen MR) is 93.4 cm³/mol. The zero-order valence-electron chi connectivity index (χ0n) is 14.5. The summed E-state index contributed by atoms with van der Waals surface area (Å²) in [5.41, 5.74) is 3.27. The molecular weight excluding hydrogens is 304 g/mol. The van der Waals surface area contributed by atoms with E-state index in [4.69, 9.17) is 4.42 Å². The molecule has 0 saturated heterocycles. The number of rotatable bonds is 5. The zero-order valence-corrected chi connectivity index (χ0v) is 14.5. The lowest BCUT2D eigenvalue weighted by Gasteiger charge is -2.05. The fourth-order valence-electron chi connectivity index (χ4n) is 2.88. The number of amides is 1. The number of hydrogen-bond donors (Lipinski definition) is 1. The maximum Gasteiger partial charge on any atom is 0.293 e. The molecule has 126 valence electrons. The summed E-state index contributed by atoms with van der Waals surface area (Å²) in [6, 6.07) is 5.77. The van der Waals surface area contributed by atoms with Crippen molar-refractivity contribution in [1.82, 2.24) is 14.5 Å². The van der Waals surface area contributed by atoms with Crippen LogP contribution in [0.5, 0.6) is 0 Å². The van der Waals surface area contributed by atoms with Crippen molar-refractivity contribution >= 4 is 22.6 Å². The highest BCUT2D eigenvalue weighted by Crippen LogP contribution is 2.22. The van der Waals surface area contributed by atoms with Gasteiger partial charge in [-0.05, 0) is 32.0 Å². The van der Waals surface area contributed by atoms with Crippen molar-refractivity contribution in [1.29, 1.82) is 0 Å². The number of aryl methyl sites for hydroxylation is 4. The van der Waals surface area contributed by atoms with E-state index in [2.05, 4.69) is 33.7 Å². The molecule has 0 saturated carbocycles. The Morgan fingerprint density at radius 1 is 1.21 bits per heavy atom. The minimum absolute atomic E-state index is 0.264. The van der Waals surface area contributed by atoms with Crippen molar-refractivity contribution in [2.75, 3.05) is 5.32 Å². The molecule has 0 radical (unpaired) electrons. The fraction of sp³-hybridized carbons (Fsp3) is 0.389. The zero-order chi connectivity index (χ0) is 17.3. The van der Waals surface area contributed by atoms with Crippen molar-refractivity contribution < 1.29 is 9.21 Å². The normalized spacial score (nSPS) is 11.2. The van der Waals surface area contributed by atoms with Crippen LogP contribution in [0.1, 0.15) is 48.7 Å². The first-order chi connectivity index (χ1) is 11.6. The summed E-state index contributed by atoms with van der Waals surface area (Å²) in [7, 11) is 0. The van der Waals surface area contributed by atoms with Gasteiger partial charge in [-0.2, -0.15) is 0 Å². The van der Waals surface area contributed by atoms with Gasteiger partial charge in [0.15, 0.2) is 5.89 Å². The molecular formula is C18H22N4O2. The van der Waals surface area contributed by atoms with Crippen LogP contribution in [0.4, 0.5) is 5.69 Å². The van der Waals surface area contributed by atoms with Crippen molar-refractivity contribution in [3.8, 4) is 0 Å². The number of carbonyl (C=O) groups excluding carboxylic acids is 1. The highest BCUT2D eigenvalue weighted by Gasteiger charge is 2.17. The highest BCUT2D eigenvalue weighted by molar-refractivity contribution is 6.03. The van der Waals surface area contributed by atoms with E-state index >= 15 is 0 Å². The lowest BCUT2D eigenvalue weighted by atomic mass is 10.2. The SMILES string of the molecule is CCc1nc(C)c(C(=O)Nc2ccc3c(c2)nc(CC)n3CC)o1. The summed E-state index contributed by atoms with van der Waals surface area (Å²) in [6.07, 6.45) is 1.54. The summed E-state index contributed by atoms with van der Waals surface area (Å²) >= 11 is 0. The standard InChI is InChI=1S/C18H22N4O2/c1-5-15-21-13-10-12(8-9-14(13)22(15)7-3)20-18(23)17-11(4)19-16(6-2)24-17/h8-10H,5-7H2,1-4H3,(H,20,23). The Hall–Kier alpha value is -2.63. The van der Waals surface area contributed by atoms with Gasteiger partial charge in [-0.15, -0.1) is 0 Å². The summed E-state index contributed by atoms with van der Waals surface area (Å²) in [5.74, 6) is 1.60. The molecule has 3 rings (SSSR count). The molecule has 0 atom stereocenters. The van der Waals surface area contributed by atoms with Crippen molar-refractivity contribution in [3.63, 3.8) is 0 Å². The molecule has 6 nitrogen and oxygen atoms in total. The molecule has 2 aromatic heterocycles. The Bertz CT molecular complexity index is 892. The molecule has 0 aliphatic rings. The number of anilines is 1. The molecule has 6 heteroatoms. The molecule has 1 aromatic carbocycles. The average Bonchev–Trinajstić information content (AvgIpc) is 3.13. The van der Waals surface area contributed by atoms with E-state index in [1.54, 1.807) is 6.92 Å². The van der Waals surface area contributed by atoms with Gasteiger partial charge in [0, 0.05) is 25.1 Å². The quantitative estimate of drug-likeness (QED) is 0.775. The van der Waals surface area contributed by atoms with E-state index in [0.717, 1.165) is 29.8 Å². The first kappa shape index (κ1) is 16.2. The maximum absolute atomic E-state index is 12.4. The number of oxazole rings is 1. The van der Waals surface area contributed by atoms with Crippen molar-refractivity contribution in [3.05, 3.63) is 41.4 Å². The molecule has 0 aliphatic heterocycles. The molecule has 3 aromatic rings. The van der Waals surface area contributed by atoms with Gasteiger partial charge < -0.3 is 14.3 Å². The number of benzene rings is 1. The third-order valence-electron chi connectivity index (χ3n) is 4.07. The smallest absolute Gasteiger partial charge is 0.293 e. The van der Waals surface area contributed by atoms with E-state index in [1.165, 1.54) is 0 Å². The first-order valence-electron chi connectivity index (χ1n) is 8.34. The lowest BCUT2D eigenvalue weighted by molar-refractivity contribution is 0.0994. The molecule has 0 spiro atoms. The largest absolute Gasteiger partial charge is 0.435 e. The molecule has 1 N–H and O–H groups in total. The minimum atomic E-state index is -0.287. The molecule has 24 heavy (non-hydrogen) atoms. The highest BCUT2D eigenvalue weighted by atomic mass is 16.4. The van der Waals surface area contributed by atoms with E-state index in [9.17, 15) is 4.79 Å². The maximum atomic E-state index is 12.4. The minimum Gasteiger partial charge on any atom is -0.435 e. The van der Waals surface area contributed by atoms with Gasteiger partial charge in [-0.1, -0.05) is 13.8 Å². The van der Waals surface area contributed by atoms with Gasteiger partial charge in [-0.25, -0.2) is 9.97 Å². The molecule has 0 unspecified atom stereocenters. The fourth-order valence-corrected chi connectivity index (χ4v) is 2.88. The van der Waals surface area contributed by atoms with E-state index in [0.29, 0.717) is 23.7 Å². The van der Waals surface area contributed by atoms with Crippen LogP contribution in [0.15, 0.2) is 22.6 Å². The Morgan fingerprint density at radius 2 is 2.00 bits per heavy atom. The second kappa shape index (κ2) is 6.47. The van der Waals surface area contributed by atoms with Crippen LogP contribution in [0.25, 0.3) is 11.0 Å². The van der Waals surface area contributed by atoms with Gasteiger partial charge in [0.1, 0.15) is 5.82 Å².